The predicted molar refractivity (Wildman–Crippen MR) is 111 cm³/mol. The van der Waals surface area contributed by atoms with Gasteiger partial charge >= 0.3 is 0 Å². The number of hydrogen-bond donors (Lipinski definition) is 1. The highest BCUT2D eigenvalue weighted by atomic mass is 32.2. The van der Waals surface area contributed by atoms with Crippen molar-refractivity contribution < 1.29 is 14.1 Å². The maximum atomic E-state index is 12.2. The van der Waals surface area contributed by atoms with Crippen LogP contribution in [-0.2, 0) is 17.9 Å². The van der Waals surface area contributed by atoms with Crippen LogP contribution in [-0.4, -0.2) is 31.6 Å². The zero-order chi connectivity index (χ0) is 20.6. The van der Waals surface area contributed by atoms with Crippen LogP contribution >= 0.6 is 11.8 Å². The van der Waals surface area contributed by atoms with E-state index in [-0.39, 0.29) is 11.7 Å². The first kappa shape index (κ1) is 20.9. The second kappa shape index (κ2) is 10.1. The summed E-state index contributed by atoms with van der Waals surface area (Å²) < 4.78 is 12.9. The average Bonchev–Trinajstić information content (AvgIpc) is 3.29. The highest BCUT2D eigenvalue weighted by Crippen LogP contribution is 2.21. The van der Waals surface area contributed by atoms with Crippen LogP contribution in [0.2, 0.25) is 0 Å². The van der Waals surface area contributed by atoms with Gasteiger partial charge in [0.1, 0.15) is 12.4 Å². The molecule has 1 N–H and O–H groups in total. The monoisotopic (exact) mass is 415 g/mol. The molecule has 0 fully saturated rings. The summed E-state index contributed by atoms with van der Waals surface area (Å²) in [6.07, 6.45) is 0.980. The molecule has 3 rings (SSSR count). The number of nitrogens with one attached hydrogen (secondary N) is 1. The standard InChI is InChI=1S/C20H25N5O3S/c1-14(2)9-10-25-17(12-27-16-7-5-4-6-8-16)22-23-20(25)29-13-18(26)21-19-11-15(3)24-28-19/h4-8,11,14H,9-10,12-13H2,1-3H3,(H,21,26). The number of aryl methyl sites for hydroxylation is 1. The van der Waals surface area contributed by atoms with E-state index in [1.165, 1.54) is 11.8 Å². The van der Waals surface area contributed by atoms with Gasteiger partial charge in [-0.25, -0.2) is 0 Å². The van der Waals surface area contributed by atoms with E-state index in [1.54, 1.807) is 13.0 Å². The molecule has 8 nitrogen and oxygen atoms in total. The van der Waals surface area contributed by atoms with E-state index >= 15 is 0 Å². The van der Waals surface area contributed by atoms with Crippen molar-refractivity contribution in [2.24, 2.45) is 5.92 Å². The number of anilines is 1. The summed E-state index contributed by atoms with van der Waals surface area (Å²) >= 11 is 1.34. The van der Waals surface area contributed by atoms with Crippen LogP contribution in [0, 0.1) is 12.8 Å². The lowest BCUT2D eigenvalue weighted by Crippen LogP contribution is -2.15. The third kappa shape index (κ3) is 6.35. The second-order valence-corrected chi connectivity index (χ2v) is 7.95. The lowest BCUT2D eigenvalue weighted by molar-refractivity contribution is -0.113. The van der Waals surface area contributed by atoms with E-state index in [2.05, 4.69) is 34.5 Å². The molecule has 0 aliphatic rings. The lowest BCUT2D eigenvalue weighted by atomic mass is 10.1. The molecule has 2 heterocycles. The molecule has 0 saturated carbocycles. The SMILES string of the molecule is Cc1cc(NC(=O)CSc2nnc(COc3ccccc3)n2CCC(C)C)on1. The van der Waals surface area contributed by atoms with Crippen molar-refractivity contribution in [2.75, 3.05) is 11.1 Å². The van der Waals surface area contributed by atoms with Gasteiger partial charge in [0, 0.05) is 12.6 Å². The van der Waals surface area contributed by atoms with Gasteiger partial charge in [-0.15, -0.1) is 10.2 Å². The van der Waals surface area contributed by atoms with E-state index in [9.17, 15) is 4.79 Å². The Kier molecular flexibility index (Phi) is 7.29. The normalized spacial score (nSPS) is 11.0. The number of rotatable bonds is 10. The van der Waals surface area contributed by atoms with Gasteiger partial charge in [0.15, 0.2) is 11.0 Å². The summed E-state index contributed by atoms with van der Waals surface area (Å²) in [6, 6.07) is 11.3. The van der Waals surface area contributed by atoms with Gasteiger partial charge in [-0.05, 0) is 31.4 Å². The highest BCUT2D eigenvalue weighted by Gasteiger charge is 2.16. The van der Waals surface area contributed by atoms with Crippen LogP contribution in [0.4, 0.5) is 5.88 Å². The summed E-state index contributed by atoms with van der Waals surface area (Å²) in [6.45, 7) is 7.22. The van der Waals surface area contributed by atoms with Gasteiger partial charge in [0.05, 0.1) is 11.4 Å². The van der Waals surface area contributed by atoms with E-state index < -0.39 is 0 Å². The van der Waals surface area contributed by atoms with Crippen molar-refractivity contribution in [2.45, 2.75) is 45.5 Å². The van der Waals surface area contributed by atoms with Crippen molar-refractivity contribution in [1.29, 1.82) is 0 Å². The molecule has 0 unspecified atom stereocenters. The van der Waals surface area contributed by atoms with E-state index in [0.29, 0.717) is 29.3 Å². The van der Waals surface area contributed by atoms with Crippen LogP contribution < -0.4 is 10.1 Å². The molecule has 3 aromatic rings. The Labute approximate surface area is 174 Å². The summed E-state index contributed by atoms with van der Waals surface area (Å²) in [7, 11) is 0. The average molecular weight is 416 g/mol. The maximum Gasteiger partial charge on any atom is 0.237 e. The van der Waals surface area contributed by atoms with Crippen molar-refractivity contribution in [3.05, 3.63) is 47.9 Å². The molecule has 0 bridgehead atoms. The van der Waals surface area contributed by atoms with Gasteiger partial charge < -0.3 is 13.8 Å². The summed E-state index contributed by atoms with van der Waals surface area (Å²) in [4.78, 5) is 12.2. The van der Waals surface area contributed by atoms with Crippen LogP contribution in [0.25, 0.3) is 0 Å². The Morgan fingerprint density at radius 3 is 2.76 bits per heavy atom. The third-order valence-corrected chi connectivity index (χ3v) is 5.02. The minimum absolute atomic E-state index is 0.188. The predicted octanol–water partition coefficient (Wildman–Crippen LogP) is 3.93. The maximum absolute atomic E-state index is 12.2. The fraction of sp³-hybridized carbons (Fsp3) is 0.400. The first-order valence-corrected chi connectivity index (χ1v) is 10.5. The molecule has 1 aromatic carbocycles. The van der Waals surface area contributed by atoms with Crippen molar-refractivity contribution in [3.63, 3.8) is 0 Å². The quantitative estimate of drug-likeness (QED) is 0.501. The molecule has 2 aromatic heterocycles. The number of nitrogens with zero attached hydrogens (tertiary/aromatic N) is 4. The highest BCUT2D eigenvalue weighted by molar-refractivity contribution is 7.99. The molecule has 1 amide bonds. The molecule has 0 atom stereocenters. The molecule has 0 aliphatic carbocycles. The van der Waals surface area contributed by atoms with Crippen molar-refractivity contribution >= 4 is 23.6 Å². The molecule has 0 spiro atoms. The van der Waals surface area contributed by atoms with E-state index in [4.69, 9.17) is 9.26 Å². The molecule has 0 saturated heterocycles. The molecule has 29 heavy (non-hydrogen) atoms. The molecule has 9 heteroatoms. The number of carbonyl (C=O) groups is 1. The summed E-state index contributed by atoms with van der Waals surface area (Å²) in [5.41, 5.74) is 0.712. The van der Waals surface area contributed by atoms with Gasteiger partial charge in [0.25, 0.3) is 0 Å². The summed E-state index contributed by atoms with van der Waals surface area (Å²) in [5, 5.41) is 15.7. The minimum Gasteiger partial charge on any atom is -0.486 e. The number of hydrogen-bond acceptors (Lipinski definition) is 7. The van der Waals surface area contributed by atoms with Gasteiger partial charge in [0.2, 0.25) is 11.8 Å². The molecular weight excluding hydrogens is 390 g/mol. The van der Waals surface area contributed by atoms with E-state index in [0.717, 1.165) is 24.5 Å². The zero-order valence-corrected chi connectivity index (χ0v) is 17.6. The van der Waals surface area contributed by atoms with Gasteiger partial charge in [-0.1, -0.05) is 49.0 Å². The number of thioether (sulfide) groups is 1. The summed E-state index contributed by atoms with van der Waals surface area (Å²) in [5.74, 6) is 2.40. The van der Waals surface area contributed by atoms with E-state index in [1.807, 2.05) is 34.9 Å². The number of carbonyl (C=O) groups excluding carboxylic acids is 1. The zero-order valence-electron chi connectivity index (χ0n) is 16.8. The Hall–Kier alpha value is -2.81. The number of para-hydroxylation sites is 1. The first-order chi connectivity index (χ1) is 14.0. The second-order valence-electron chi connectivity index (χ2n) is 7.00. The van der Waals surface area contributed by atoms with Crippen LogP contribution in [0.3, 0.4) is 0 Å². The third-order valence-electron chi connectivity index (χ3n) is 4.06. The topological polar surface area (TPSA) is 95.1 Å². The van der Waals surface area contributed by atoms with Gasteiger partial charge in [-0.3, -0.25) is 10.1 Å². The number of amides is 1. The minimum atomic E-state index is -0.188. The fourth-order valence-electron chi connectivity index (χ4n) is 2.54. The Morgan fingerprint density at radius 1 is 1.28 bits per heavy atom. The smallest absolute Gasteiger partial charge is 0.237 e. The van der Waals surface area contributed by atoms with Crippen molar-refractivity contribution in [1.82, 2.24) is 19.9 Å². The molecule has 0 aliphatic heterocycles. The molecule has 154 valence electrons. The lowest BCUT2D eigenvalue weighted by Gasteiger charge is -2.12. The van der Waals surface area contributed by atoms with Crippen molar-refractivity contribution in [3.8, 4) is 5.75 Å². The number of ether oxygens (including phenoxy) is 1. The van der Waals surface area contributed by atoms with Gasteiger partial charge in [-0.2, -0.15) is 0 Å². The Bertz CT molecular complexity index is 923. The number of benzene rings is 1. The van der Waals surface area contributed by atoms with Crippen LogP contribution in [0.1, 0.15) is 31.8 Å². The fourth-order valence-corrected chi connectivity index (χ4v) is 3.32. The van der Waals surface area contributed by atoms with Crippen LogP contribution in [0.15, 0.2) is 46.1 Å². The van der Waals surface area contributed by atoms with Crippen LogP contribution in [0.5, 0.6) is 5.75 Å². The number of aromatic nitrogens is 4. The largest absolute Gasteiger partial charge is 0.486 e. The Morgan fingerprint density at radius 2 is 2.07 bits per heavy atom. The Balaban J connectivity index is 1.63. The first-order valence-electron chi connectivity index (χ1n) is 9.47. The molecule has 0 radical (unpaired) electrons. The molecular formula is C20H25N5O3S.